The fourth-order valence-electron chi connectivity index (χ4n) is 1.12. The number of hydrogen-bond acceptors (Lipinski definition) is 4. The Balaban J connectivity index is 2.80. The van der Waals surface area contributed by atoms with Crippen molar-refractivity contribution >= 4 is 28.9 Å². The van der Waals surface area contributed by atoms with E-state index in [4.69, 9.17) is 33.2 Å². The highest BCUT2D eigenvalue weighted by Gasteiger charge is 2.15. The van der Waals surface area contributed by atoms with Gasteiger partial charge in [-0.3, -0.25) is 10.1 Å². The molecule has 0 aliphatic rings. The number of benzene rings is 1. The summed E-state index contributed by atoms with van der Waals surface area (Å²) >= 11 is 11.6. The highest BCUT2D eigenvalue weighted by atomic mass is 35.5. The van der Waals surface area contributed by atoms with Crippen molar-refractivity contribution in [1.29, 1.82) is 5.26 Å². The Morgan fingerprint density at radius 2 is 2.00 bits per heavy atom. The largest absolute Gasteiger partial charge is 0.490 e. The van der Waals surface area contributed by atoms with E-state index in [9.17, 15) is 10.1 Å². The van der Waals surface area contributed by atoms with Gasteiger partial charge in [-0.25, -0.2) is 0 Å². The molecule has 0 spiro atoms. The Morgan fingerprint density at radius 3 is 2.47 bits per heavy atom. The quantitative estimate of drug-likeness (QED) is 0.467. The number of nitrogens with zero attached hydrogens (tertiary/aromatic N) is 2. The average Bonchev–Trinajstić information content (AvgIpc) is 2.26. The van der Waals surface area contributed by atoms with Crippen LogP contribution >= 0.6 is 23.2 Å². The van der Waals surface area contributed by atoms with Gasteiger partial charge < -0.3 is 4.74 Å². The first-order valence-electron chi connectivity index (χ1n) is 4.69. The van der Waals surface area contributed by atoms with E-state index >= 15 is 0 Å². The van der Waals surface area contributed by atoms with Crippen LogP contribution in [0, 0.1) is 21.4 Å². The molecule has 0 atom stereocenters. The lowest BCUT2D eigenvalue weighted by Gasteiger charge is -2.08. The first kappa shape index (κ1) is 13.6. The maximum atomic E-state index is 10.5. The topological polar surface area (TPSA) is 76.2 Å². The van der Waals surface area contributed by atoms with Crippen LogP contribution in [0.15, 0.2) is 12.1 Å². The second-order valence-electron chi connectivity index (χ2n) is 3.11. The van der Waals surface area contributed by atoms with E-state index in [0.717, 1.165) is 0 Å². The number of ether oxygens (including phenoxy) is 1. The molecule has 0 N–H and O–H groups in total. The van der Waals surface area contributed by atoms with Gasteiger partial charge in [-0.2, -0.15) is 5.26 Å². The molecule has 0 aromatic heterocycles. The van der Waals surface area contributed by atoms with Gasteiger partial charge in [0.25, 0.3) is 5.69 Å². The van der Waals surface area contributed by atoms with E-state index in [0.29, 0.717) is 12.8 Å². The highest BCUT2D eigenvalue weighted by Crippen LogP contribution is 2.36. The third-order valence-corrected chi connectivity index (χ3v) is 2.43. The van der Waals surface area contributed by atoms with Crippen molar-refractivity contribution in [1.82, 2.24) is 0 Å². The number of halogens is 2. The normalized spacial score (nSPS) is 9.71. The van der Waals surface area contributed by atoms with Gasteiger partial charge >= 0.3 is 0 Å². The van der Waals surface area contributed by atoms with Crippen molar-refractivity contribution in [2.24, 2.45) is 0 Å². The summed E-state index contributed by atoms with van der Waals surface area (Å²) in [6.07, 6.45) is 0.905. The molecule has 0 heterocycles. The van der Waals surface area contributed by atoms with E-state index in [1.165, 1.54) is 12.1 Å². The molecular weight excluding hydrogens is 267 g/mol. The molecule has 7 heteroatoms. The third-order valence-electron chi connectivity index (χ3n) is 1.87. The van der Waals surface area contributed by atoms with Crippen LogP contribution in [-0.2, 0) is 0 Å². The monoisotopic (exact) mass is 274 g/mol. The molecule has 0 saturated carbocycles. The number of unbranched alkanes of at least 4 members (excludes halogenated alkanes) is 1. The first-order chi connectivity index (χ1) is 8.06. The minimum absolute atomic E-state index is 0.0844. The van der Waals surface area contributed by atoms with E-state index in [1.54, 1.807) is 0 Å². The summed E-state index contributed by atoms with van der Waals surface area (Å²) in [7, 11) is 0. The van der Waals surface area contributed by atoms with Crippen LogP contribution in [0.1, 0.15) is 12.8 Å². The van der Waals surface area contributed by atoms with Crippen LogP contribution in [0.4, 0.5) is 5.69 Å². The lowest BCUT2D eigenvalue weighted by molar-refractivity contribution is -0.384. The minimum Gasteiger partial charge on any atom is -0.490 e. The summed E-state index contributed by atoms with van der Waals surface area (Å²) in [5, 5.41) is 19.0. The summed E-state index contributed by atoms with van der Waals surface area (Å²) < 4.78 is 5.27. The van der Waals surface area contributed by atoms with E-state index in [2.05, 4.69) is 0 Å². The van der Waals surface area contributed by atoms with Gasteiger partial charge in [0.05, 0.1) is 27.6 Å². The predicted octanol–water partition coefficient (Wildman–Crippen LogP) is 3.58. The summed E-state index contributed by atoms with van der Waals surface area (Å²) in [6.45, 7) is 0.283. The van der Waals surface area contributed by atoms with Crippen LogP contribution in [0.5, 0.6) is 5.75 Å². The number of nitro benzene ring substituents is 1. The van der Waals surface area contributed by atoms with Crippen molar-refractivity contribution in [3.8, 4) is 11.8 Å². The fourth-order valence-corrected chi connectivity index (χ4v) is 1.70. The maximum Gasteiger partial charge on any atom is 0.272 e. The van der Waals surface area contributed by atoms with Gasteiger partial charge in [0.15, 0.2) is 5.75 Å². The number of hydrogen-bond donors (Lipinski definition) is 0. The van der Waals surface area contributed by atoms with Crippen LogP contribution < -0.4 is 4.74 Å². The molecule has 0 saturated heterocycles. The van der Waals surface area contributed by atoms with Gasteiger partial charge in [-0.15, -0.1) is 0 Å². The minimum atomic E-state index is -0.586. The molecule has 17 heavy (non-hydrogen) atoms. The molecule has 0 bridgehead atoms. The number of non-ortho nitro benzene ring substituents is 1. The molecule has 90 valence electrons. The Morgan fingerprint density at radius 1 is 1.41 bits per heavy atom. The van der Waals surface area contributed by atoms with E-state index in [-0.39, 0.29) is 28.1 Å². The number of rotatable bonds is 5. The molecule has 0 aliphatic heterocycles. The molecule has 0 fully saturated rings. The Kier molecular flexibility index (Phi) is 5.01. The Bertz CT molecular complexity index is 448. The van der Waals surface area contributed by atoms with Gasteiger partial charge in [-0.05, 0) is 6.42 Å². The summed E-state index contributed by atoms with van der Waals surface area (Å²) in [4.78, 5) is 9.94. The third kappa shape index (κ3) is 3.77. The van der Waals surface area contributed by atoms with Crippen molar-refractivity contribution in [3.05, 3.63) is 32.3 Å². The number of nitriles is 1. The Hall–Kier alpha value is -1.51. The van der Waals surface area contributed by atoms with Crippen molar-refractivity contribution < 1.29 is 9.66 Å². The highest BCUT2D eigenvalue weighted by molar-refractivity contribution is 6.37. The molecule has 5 nitrogen and oxygen atoms in total. The second-order valence-corrected chi connectivity index (χ2v) is 3.92. The van der Waals surface area contributed by atoms with Crippen molar-refractivity contribution in [2.45, 2.75) is 12.8 Å². The molecule has 0 aliphatic carbocycles. The molecule has 0 amide bonds. The lowest BCUT2D eigenvalue weighted by Crippen LogP contribution is -1.99. The maximum absolute atomic E-state index is 10.5. The zero-order chi connectivity index (χ0) is 12.8. The molecule has 1 aromatic carbocycles. The van der Waals surface area contributed by atoms with Gasteiger partial charge in [0.2, 0.25) is 0 Å². The summed E-state index contributed by atoms with van der Waals surface area (Å²) in [5.74, 6) is 0.205. The standard InChI is InChI=1S/C10H8Cl2N2O3/c11-8-5-7(14(15)16)6-9(12)10(8)17-4-2-1-3-13/h5-6H,1-2,4H2. The van der Waals surface area contributed by atoms with Gasteiger partial charge in [0, 0.05) is 18.6 Å². The van der Waals surface area contributed by atoms with Crippen LogP contribution in [0.25, 0.3) is 0 Å². The Labute approximate surface area is 108 Å². The molecule has 0 radical (unpaired) electrons. The number of nitro groups is 1. The fraction of sp³-hybridized carbons (Fsp3) is 0.300. The first-order valence-corrected chi connectivity index (χ1v) is 5.45. The summed E-state index contributed by atoms with van der Waals surface area (Å²) in [6, 6.07) is 4.32. The predicted molar refractivity (Wildman–Crippen MR) is 63.5 cm³/mol. The molecule has 0 unspecified atom stereocenters. The van der Waals surface area contributed by atoms with Crippen molar-refractivity contribution in [3.63, 3.8) is 0 Å². The summed E-state index contributed by atoms with van der Waals surface area (Å²) in [5.41, 5.74) is -0.190. The second kappa shape index (κ2) is 6.28. The van der Waals surface area contributed by atoms with Gasteiger partial charge in [0.1, 0.15) is 0 Å². The van der Waals surface area contributed by atoms with E-state index < -0.39 is 4.92 Å². The SMILES string of the molecule is N#CCCCOc1c(Cl)cc([N+](=O)[O-])cc1Cl. The van der Waals surface area contributed by atoms with Crippen LogP contribution in [0.3, 0.4) is 0 Å². The molecule has 1 rings (SSSR count). The smallest absolute Gasteiger partial charge is 0.272 e. The molecular formula is C10H8Cl2N2O3. The van der Waals surface area contributed by atoms with Crippen molar-refractivity contribution in [2.75, 3.05) is 6.61 Å². The van der Waals surface area contributed by atoms with Gasteiger partial charge in [-0.1, -0.05) is 23.2 Å². The average molecular weight is 275 g/mol. The van der Waals surface area contributed by atoms with E-state index in [1.807, 2.05) is 6.07 Å². The van der Waals surface area contributed by atoms with Crippen LogP contribution in [-0.4, -0.2) is 11.5 Å². The van der Waals surface area contributed by atoms with Crippen LogP contribution in [0.2, 0.25) is 10.0 Å². The zero-order valence-corrected chi connectivity index (χ0v) is 10.2. The molecule has 1 aromatic rings. The zero-order valence-electron chi connectivity index (χ0n) is 8.65. The lowest BCUT2D eigenvalue weighted by atomic mass is 10.3.